The van der Waals surface area contributed by atoms with Crippen molar-refractivity contribution in [1.29, 1.82) is 0 Å². The molecular weight excluding hydrogens is 278 g/mol. The maximum absolute atomic E-state index is 5.89. The smallest absolute Gasteiger partial charge is 0.254 e. The fourth-order valence-corrected chi connectivity index (χ4v) is 3.83. The van der Waals surface area contributed by atoms with E-state index < -0.39 is 0 Å². The van der Waals surface area contributed by atoms with Crippen molar-refractivity contribution in [3.05, 3.63) is 17.6 Å². The van der Waals surface area contributed by atoms with E-state index in [1.165, 1.54) is 23.5 Å². The summed E-state index contributed by atoms with van der Waals surface area (Å²) in [5, 5.41) is 4.43. The fraction of sp³-hybridized carbons (Fsp3) is 0.688. The molecule has 0 amide bonds. The van der Waals surface area contributed by atoms with Crippen LogP contribution in [-0.2, 0) is 17.6 Å². The highest BCUT2D eigenvalue weighted by molar-refractivity contribution is 5.56. The molecular formula is C16H23N5O. The van der Waals surface area contributed by atoms with Crippen molar-refractivity contribution in [3.63, 3.8) is 0 Å². The van der Waals surface area contributed by atoms with Crippen LogP contribution in [0.25, 0.3) is 5.78 Å². The molecule has 22 heavy (non-hydrogen) atoms. The van der Waals surface area contributed by atoms with Gasteiger partial charge < -0.3 is 9.64 Å². The number of morpholine rings is 1. The SMILES string of the molecule is C[C@@H]1CCc2c(nc3ncnn3c2N2C[C@@H](C)O[C@@H](C)C2)C1. The van der Waals surface area contributed by atoms with Crippen molar-refractivity contribution in [1.82, 2.24) is 19.6 Å². The van der Waals surface area contributed by atoms with Gasteiger partial charge in [0, 0.05) is 18.7 Å². The molecule has 1 fully saturated rings. The summed E-state index contributed by atoms with van der Waals surface area (Å²) in [5.41, 5.74) is 2.57. The van der Waals surface area contributed by atoms with Gasteiger partial charge in [0.25, 0.3) is 5.78 Å². The fourth-order valence-electron chi connectivity index (χ4n) is 3.83. The van der Waals surface area contributed by atoms with Gasteiger partial charge in [0.2, 0.25) is 0 Å². The van der Waals surface area contributed by atoms with Crippen molar-refractivity contribution in [2.75, 3.05) is 18.0 Å². The van der Waals surface area contributed by atoms with Crippen LogP contribution >= 0.6 is 0 Å². The van der Waals surface area contributed by atoms with E-state index in [4.69, 9.17) is 9.72 Å². The zero-order valence-corrected chi connectivity index (χ0v) is 13.5. The summed E-state index contributed by atoms with van der Waals surface area (Å²) in [6, 6.07) is 0. The predicted octanol–water partition coefficient (Wildman–Crippen LogP) is 1.86. The number of anilines is 1. The molecule has 1 aliphatic heterocycles. The number of hydrogen-bond donors (Lipinski definition) is 0. The third kappa shape index (κ3) is 2.26. The molecule has 1 aliphatic carbocycles. The van der Waals surface area contributed by atoms with E-state index in [-0.39, 0.29) is 12.2 Å². The second-order valence-electron chi connectivity index (χ2n) is 6.84. The van der Waals surface area contributed by atoms with Crippen molar-refractivity contribution >= 4 is 11.6 Å². The van der Waals surface area contributed by atoms with E-state index in [9.17, 15) is 0 Å². The number of fused-ring (bicyclic) bond motifs is 2. The minimum Gasteiger partial charge on any atom is -0.372 e. The van der Waals surface area contributed by atoms with Crippen molar-refractivity contribution in [2.45, 2.75) is 52.2 Å². The van der Waals surface area contributed by atoms with Gasteiger partial charge in [0.05, 0.1) is 17.9 Å². The van der Waals surface area contributed by atoms with Gasteiger partial charge >= 0.3 is 0 Å². The molecule has 1 saturated heterocycles. The van der Waals surface area contributed by atoms with Gasteiger partial charge in [-0.1, -0.05) is 6.92 Å². The summed E-state index contributed by atoms with van der Waals surface area (Å²) in [5.74, 6) is 2.60. The second-order valence-corrected chi connectivity index (χ2v) is 6.84. The van der Waals surface area contributed by atoms with Crippen LogP contribution in [0.4, 0.5) is 5.82 Å². The Morgan fingerprint density at radius 3 is 2.73 bits per heavy atom. The number of aromatic nitrogens is 4. The lowest BCUT2D eigenvalue weighted by Gasteiger charge is -2.38. The molecule has 6 nitrogen and oxygen atoms in total. The lowest BCUT2D eigenvalue weighted by molar-refractivity contribution is -0.00564. The summed E-state index contributed by atoms with van der Waals surface area (Å²) in [6.45, 7) is 8.36. The second kappa shape index (κ2) is 5.19. The van der Waals surface area contributed by atoms with Gasteiger partial charge in [-0.05, 0) is 39.0 Å². The number of nitrogens with zero attached hydrogens (tertiary/aromatic N) is 5. The summed E-state index contributed by atoms with van der Waals surface area (Å²) >= 11 is 0. The van der Waals surface area contributed by atoms with E-state index in [1.807, 2.05) is 4.52 Å². The van der Waals surface area contributed by atoms with Crippen LogP contribution in [0.15, 0.2) is 6.33 Å². The number of hydrogen-bond acceptors (Lipinski definition) is 5. The van der Waals surface area contributed by atoms with E-state index in [0.29, 0.717) is 5.92 Å². The molecule has 2 aromatic rings. The van der Waals surface area contributed by atoms with E-state index >= 15 is 0 Å². The van der Waals surface area contributed by atoms with E-state index in [0.717, 1.165) is 31.7 Å². The van der Waals surface area contributed by atoms with Gasteiger partial charge in [0.15, 0.2) is 0 Å². The molecule has 118 valence electrons. The molecule has 0 saturated carbocycles. The van der Waals surface area contributed by atoms with Crippen LogP contribution in [-0.4, -0.2) is 44.9 Å². The normalized spacial score (nSPS) is 28.9. The van der Waals surface area contributed by atoms with Gasteiger partial charge in [-0.15, -0.1) is 0 Å². The molecule has 0 radical (unpaired) electrons. The average Bonchev–Trinajstić information content (AvgIpc) is 2.91. The molecule has 3 heterocycles. The lowest BCUT2D eigenvalue weighted by atomic mass is 9.88. The molecule has 2 aliphatic rings. The molecule has 4 rings (SSSR count). The lowest BCUT2D eigenvalue weighted by Crippen LogP contribution is -2.47. The highest BCUT2D eigenvalue weighted by Gasteiger charge is 2.30. The van der Waals surface area contributed by atoms with Crippen molar-refractivity contribution < 1.29 is 4.74 Å². The largest absolute Gasteiger partial charge is 0.372 e. The quantitative estimate of drug-likeness (QED) is 0.805. The topological polar surface area (TPSA) is 55.5 Å². The van der Waals surface area contributed by atoms with Crippen LogP contribution in [0.2, 0.25) is 0 Å². The van der Waals surface area contributed by atoms with Crippen LogP contribution < -0.4 is 4.90 Å². The van der Waals surface area contributed by atoms with Gasteiger partial charge in [0.1, 0.15) is 12.1 Å². The van der Waals surface area contributed by atoms with Crippen molar-refractivity contribution in [2.24, 2.45) is 5.92 Å². The predicted molar refractivity (Wildman–Crippen MR) is 84.2 cm³/mol. The van der Waals surface area contributed by atoms with E-state index in [2.05, 4.69) is 35.8 Å². The van der Waals surface area contributed by atoms with Crippen LogP contribution in [0.1, 0.15) is 38.4 Å². The first kappa shape index (κ1) is 13.9. The Balaban J connectivity index is 1.86. The first-order valence-electron chi connectivity index (χ1n) is 8.23. The number of ether oxygens (including phenoxy) is 1. The summed E-state index contributed by atoms with van der Waals surface area (Å²) < 4.78 is 7.81. The van der Waals surface area contributed by atoms with Crippen molar-refractivity contribution in [3.8, 4) is 0 Å². The first-order valence-corrected chi connectivity index (χ1v) is 8.23. The molecule has 0 spiro atoms. The average molecular weight is 301 g/mol. The Labute approximate surface area is 130 Å². The first-order chi connectivity index (χ1) is 10.6. The monoisotopic (exact) mass is 301 g/mol. The molecule has 0 N–H and O–H groups in total. The molecule has 0 unspecified atom stereocenters. The highest BCUT2D eigenvalue weighted by Crippen LogP contribution is 2.33. The zero-order valence-electron chi connectivity index (χ0n) is 13.5. The Kier molecular flexibility index (Phi) is 3.29. The maximum Gasteiger partial charge on any atom is 0.254 e. The molecule has 0 aromatic carbocycles. The zero-order chi connectivity index (χ0) is 15.3. The minimum absolute atomic E-state index is 0.230. The van der Waals surface area contributed by atoms with Gasteiger partial charge in [-0.25, -0.2) is 4.98 Å². The van der Waals surface area contributed by atoms with E-state index in [1.54, 1.807) is 6.33 Å². The summed E-state index contributed by atoms with van der Waals surface area (Å²) in [7, 11) is 0. The molecule has 6 heteroatoms. The standard InChI is InChI=1S/C16H23N5O/c1-10-4-5-13-14(6-10)19-16-17-9-18-21(16)15(13)20-7-11(2)22-12(3)8-20/h9-12H,4-8H2,1-3H3/t10-,11-,12+/m1/s1. The molecule has 0 bridgehead atoms. The number of rotatable bonds is 1. The van der Waals surface area contributed by atoms with Crippen LogP contribution in [0.3, 0.4) is 0 Å². The van der Waals surface area contributed by atoms with Crippen LogP contribution in [0, 0.1) is 5.92 Å². The van der Waals surface area contributed by atoms with Crippen LogP contribution in [0.5, 0.6) is 0 Å². The Morgan fingerprint density at radius 1 is 1.18 bits per heavy atom. The highest BCUT2D eigenvalue weighted by atomic mass is 16.5. The molecule has 3 atom stereocenters. The third-order valence-corrected chi connectivity index (χ3v) is 4.73. The van der Waals surface area contributed by atoms with Gasteiger partial charge in [-0.2, -0.15) is 14.6 Å². The Hall–Kier alpha value is -1.69. The summed E-state index contributed by atoms with van der Waals surface area (Å²) in [4.78, 5) is 11.5. The third-order valence-electron chi connectivity index (χ3n) is 4.73. The Bertz CT molecular complexity index is 687. The minimum atomic E-state index is 0.230. The summed E-state index contributed by atoms with van der Waals surface area (Å²) in [6.07, 6.45) is 5.41. The molecule has 2 aromatic heterocycles. The van der Waals surface area contributed by atoms with Gasteiger partial charge in [-0.3, -0.25) is 0 Å². The maximum atomic E-state index is 5.89. The Morgan fingerprint density at radius 2 is 1.95 bits per heavy atom.